The number of hydrogen-bond donors (Lipinski definition) is 9. The number of amides is 6. The molecular formula is C36H60N8O8. The molecule has 0 bridgehead atoms. The molecular weight excluding hydrogens is 672 g/mol. The lowest BCUT2D eigenvalue weighted by Crippen LogP contribution is -2.58. The fourth-order valence-corrected chi connectivity index (χ4v) is 5.42. The van der Waals surface area contributed by atoms with Crippen LogP contribution in [0.15, 0.2) is 30.3 Å². The highest BCUT2D eigenvalue weighted by Gasteiger charge is 2.31. The first-order chi connectivity index (χ1) is 24.4. The predicted octanol–water partition coefficient (Wildman–Crippen LogP) is -0.168. The van der Waals surface area contributed by atoms with E-state index in [2.05, 4.69) is 31.9 Å². The minimum absolute atomic E-state index is 0.0371. The minimum Gasteiger partial charge on any atom is -0.481 e. The summed E-state index contributed by atoms with van der Waals surface area (Å²) >= 11 is 0. The van der Waals surface area contributed by atoms with E-state index in [-0.39, 0.29) is 30.7 Å². The molecule has 0 saturated carbocycles. The topological polar surface area (TPSA) is 264 Å². The lowest BCUT2D eigenvalue weighted by atomic mass is 9.99. The first-order valence-electron chi connectivity index (χ1n) is 17.9. The summed E-state index contributed by atoms with van der Waals surface area (Å²) in [7, 11) is 0. The van der Waals surface area contributed by atoms with Gasteiger partial charge in [-0.2, -0.15) is 0 Å². The Kier molecular flexibility index (Phi) is 20.8. The maximum atomic E-state index is 13.8. The predicted molar refractivity (Wildman–Crippen MR) is 196 cm³/mol. The number of carbonyl (C=O) groups excluding carboxylic acids is 6. The number of benzene rings is 1. The van der Waals surface area contributed by atoms with E-state index in [4.69, 9.17) is 11.5 Å². The highest BCUT2D eigenvalue weighted by Crippen LogP contribution is 2.11. The normalized spacial score (nSPS) is 14.6. The van der Waals surface area contributed by atoms with Gasteiger partial charge in [-0.25, -0.2) is 0 Å². The summed E-state index contributed by atoms with van der Waals surface area (Å²) in [5.74, 6) is -4.87. The highest BCUT2D eigenvalue weighted by molar-refractivity contribution is 5.95. The average Bonchev–Trinajstić information content (AvgIpc) is 3.04. The maximum Gasteiger partial charge on any atom is 0.305 e. The zero-order valence-electron chi connectivity index (χ0n) is 31.3. The Morgan fingerprint density at radius 3 is 1.73 bits per heavy atom. The first kappa shape index (κ1) is 45.5. The van der Waals surface area contributed by atoms with E-state index in [0.717, 1.165) is 5.56 Å². The Labute approximate surface area is 306 Å². The van der Waals surface area contributed by atoms with Crippen molar-refractivity contribution in [1.82, 2.24) is 31.9 Å². The van der Waals surface area contributed by atoms with Gasteiger partial charge in [0.1, 0.15) is 24.2 Å². The first-order valence-corrected chi connectivity index (χ1v) is 17.9. The molecule has 52 heavy (non-hydrogen) atoms. The van der Waals surface area contributed by atoms with Crippen molar-refractivity contribution >= 4 is 41.4 Å². The molecule has 11 N–H and O–H groups in total. The van der Waals surface area contributed by atoms with Gasteiger partial charge >= 0.3 is 5.97 Å². The molecule has 0 aliphatic heterocycles. The van der Waals surface area contributed by atoms with Crippen LogP contribution in [0.2, 0.25) is 0 Å². The second-order valence-corrected chi connectivity index (χ2v) is 14.0. The zero-order valence-corrected chi connectivity index (χ0v) is 31.3. The van der Waals surface area contributed by atoms with Crippen molar-refractivity contribution in [1.29, 1.82) is 0 Å². The second kappa shape index (κ2) is 23.8. The van der Waals surface area contributed by atoms with Crippen LogP contribution in [0.1, 0.15) is 85.6 Å². The average molecular weight is 733 g/mol. The quantitative estimate of drug-likeness (QED) is 0.0600. The summed E-state index contributed by atoms with van der Waals surface area (Å²) in [6.45, 7) is 10.9. The van der Waals surface area contributed by atoms with Gasteiger partial charge < -0.3 is 48.5 Å². The van der Waals surface area contributed by atoms with Crippen molar-refractivity contribution in [2.75, 3.05) is 13.1 Å². The van der Waals surface area contributed by atoms with Gasteiger partial charge in [-0.05, 0) is 63.0 Å². The van der Waals surface area contributed by atoms with Crippen LogP contribution in [0.5, 0.6) is 0 Å². The van der Waals surface area contributed by atoms with Crippen molar-refractivity contribution < 1.29 is 38.7 Å². The summed E-state index contributed by atoms with van der Waals surface area (Å²) in [6.07, 6.45) is 1.93. The van der Waals surface area contributed by atoms with E-state index in [1.54, 1.807) is 12.1 Å². The Bertz CT molecular complexity index is 1330. The van der Waals surface area contributed by atoms with Gasteiger partial charge in [0.2, 0.25) is 35.4 Å². The third-order valence-corrected chi connectivity index (χ3v) is 8.10. The Balaban J connectivity index is 3.30. The van der Waals surface area contributed by atoms with E-state index < -0.39 is 78.2 Å². The summed E-state index contributed by atoms with van der Waals surface area (Å²) in [4.78, 5) is 88.6. The van der Waals surface area contributed by atoms with Gasteiger partial charge in [-0.15, -0.1) is 0 Å². The lowest BCUT2D eigenvalue weighted by molar-refractivity contribution is -0.141. The molecule has 0 saturated heterocycles. The molecule has 0 unspecified atom stereocenters. The van der Waals surface area contributed by atoms with Gasteiger partial charge in [0.05, 0.1) is 12.5 Å². The number of nitrogens with one attached hydrogen (secondary N) is 6. The van der Waals surface area contributed by atoms with Crippen LogP contribution in [-0.4, -0.2) is 95.9 Å². The molecule has 0 radical (unpaired) electrons. The molecule has 0 heterocycles. The number of rotatable bonds is 25. The second-order valence-electron chi connectivity index (χ2n) is 14.0. The minimum atomic E-state index is -1.51. The highest BCUT2D eigenvalue weighted by atomic mass is 16.4. The molecule has 0 aliphatic rings. The Morgan fingerprint density at radius 1 is 0.692 bits per heavy atom. The van der Waals surface area contributed by atoms with Gasteiger partial charge in [-0.3, -0.25) is 33.6 Å². The summed E-state index contributed by atoms with van der Waals surface area (Å²) < 4.78 is 0. The summed E-state index contributed by atoms with van der Waals surface area (Å²) in [5, 5.41) is 26.0. The number of carboxylic acid groups (broad SMARTS) is 1. The Hall–Kier alpha value is -4.57. The van der Waals surface area contributed by atoms with E-state index in [1.807, 2.05) is 45.9 Å². The molecule has 1 aromatic rings. The number of unbranched alkanes of at least 4 members (excludes halogenated alkanes) is 1. The smallest absolute Gasteiger partial charge is 0.305 e. The fourth-order valence-electron chi connectivity index (χ4n) is 5.42. The van der Waals surface area contributed by atoms with E-state index >= 15 is 0 Å². The van der Waals surface area contributed by atoms with E-state index in [1.165, 1.54) is 13.8 Å². The van der Waals surface area contributed by atoms with Gasteiger partial charge in [0.15, 0.2) is 0 Å². The third-order valence-electron chi connectivity index (χ3n) is 8.10. The van der Waals surface area contributed by atoms with Crippen LogP contribution in [0.3, 0.4) is 0 Å². The number of hydrogen-bond acceptors (Lipinski definition) is 9. The molecule has 16 heteroatoms. The molecule has 16 nitrogen and oxygen atoms in total. The van der Waals surface area contributed by atoms with Crippen molar-refractivity contribution in [3.63, 3.8) is 0 Å². The lowest BCUT2D eigenvalue weighted by Gasteiger charge is -2.28. The van der Waals surface area contributed by atoms with Crippen LogP contribution in [0, 0.1) is 11.8 Å². The fraction of sp³-hybridized carbons (Fsp3) is 0.639. The van der Waals surface area contributed by atoms with E-state index in [0.29, 0.717) is 38.6 Å². The number of carboxylic acids is 1. The molecule has 0 aliphatic carbocycles. The molecule has 1 aromatic carbocycles. The standard InChI is InChI=1S/C36H60N8O8/c1-21(2)16-28(41-24(6)45)36(52)43-29(17-22(3)4)35(51)42-26(14-10-11-15-37)20-39-27(18-25-12-8-7-9-13-25)33(49)44-30(19-31(46)47)34(50)40-23(5)32(38)48/h7-9,12-13,21-23,26-30,39H,10-11,14-20,37H2,1-6H3,(H2,38,48)(H,40,50)(H,41,45)(H,42,51)(H,43,52)(H,44,49)(H,46,47)/t23-,26-,27-,28-,29-,30-/m0/s1. The van der Waals surface area contributed by atoms with Gasteiger partial charge in [0.25, 0.3) is 0 Å². The molecule has 6 atom stereocenters. The molecule has 1 rings (SSSR count). The molecule has 0 aromatic heterocycles. The molecule has 6 amide bonds. The van der Waals surface area contributed by atoms with Crippen LogP contribution < -0.4 is 43.4 Å². The summed E-state index contributed by atoms with van der Waals surface area (Å²) in [5.41, 5.74) is 11.8. The van der Waals surface area contributed by atoms with E-state index in [9.17, 15) is 38.7 Å². The Morgan fingerprint density at radius 2 is 1.21 bits per heavy atom. The number of nitrogens with two attached hydrogens (primary N) is 2. The van der Waals surface area contributed by atoms with Crippen molar-refractivity contribution in [2.45, 2.75) is 123 Å². The van der Waals surface area contributed by atoms with Gasteiger partial charge in [-0.1, -0.05) is 64.4 Å². The summed E-state index contributed by atoms with van der Waals surface area (Å²) in [6, 6.07) is 3.20. The van der Waals surface area contributed by atoms with Crippen molar-refractivity contribution in [3.8, 4) is 0 Å². The number of carbonyl (C=O) groups is 7. The number of aliphatic carboxylic acids is 1. The van der Waals surface area contributed by atoms with Crippen LogP contribution in [-0.2, 0) is 40.0 Å². The largest absolute Gasteiger partial charge is 0.481 e. The molecule has 0 fully saturated rings. The van der Waals surface area contributed by atoms with Crippen LogP contribution >= 0.6 is 0 Å². The van der Waals surface area contributed by atoms with Crippen LogP contribution in [0.25, 0.3) is 0 Å². The SMILES string of the molecule is CC(=O)N[C@@H](CC(C)C)C(=O)N[C@@H](CC(C)C)C(=O)N[C@@H](CCCCN)CN[C@@H](Cc1ccccc1)C(=O)N[C@@H](CC(=O)O)C(=O)N[C@@H](C)C(N)=O. The maximum absolute atomic E-state index is 13.8. The number of primary amides is 1. The van der Waals surface area contributed by atoms with Crippen molar-refractivity contribution in [3.05, 3.63) is 35.9 Å². The van der Waals surface area contributed by atoms with Crippen molar-refractivity contribution in [2.24, 2.45) is 23.3 Å². The molecule has 0 spiro atoms. The monoisotopic (exact) mass is 732 g/mol. The third kappa shape index (κ3) is 18.6. The van der Waals surface area contributed by atoms with Gasteiger partial charge in [0, 0.05) is 19.5 Å². The van der Waals surface area contributed by atoms with Crippen LogP contribution in [0.4, 0.5) is 0 Å². The zero-order chi connectivity index (χ0) is 39.4. The molecule has 292 valence electrons.